The van der Waals surface area contributed by atoms with Gasteiger partial charge in [0.2, 0.25) is 5.91 Å². The highest BCUT2D eigenvalue weighted by Gasteiger charge is 2.28. The predicted molar refractivity (Wildman–Crippen MR) is 121 cm³/mol. The Hall–Kier alpha value is -1.94. The van der Waals surface area contributed by atoms with E-state index in [1.165, 1.54) is 15.6 Å². The number of rotatable bonds is 6. The normalized spacial score (nSPS) is 18.6. The minimum Gasteiger partial charge on any atom is -0.367 e. The fraction of sp³-hybridized carbons (Fsp3) is 0.476. The maximum absolute atomic E-state index is 12.7. The molecule has 1 aromatic carbocycles. The van der Waals surface area contributed by atoms with Crippen molar-refractivity contribution in [3.63, 3.8) is 0 Å². The van der Waals surface area contributed by atoms with Crippen molar-refractivity contribution in [3.05, 3.63) is 41.3 Å². The van der Waals surface area contributed by atoms with Gasteiger partial charge in [0, 0.05) is 44.1 Å². The van der Waals surface area contributed by atoms with Crippen LogP contribution >= 0.6 is 11.3 Å². The van der Waals surface area contributed by atoms with Crippen molar-refractivity contribution in [2.45, 2.75) is 23.5 Å². The van der Waals surface area contributed by atoms with Crippen LogP contribution in [0.3, 0.4) is 0 Å². The van der Waals surface area contributed by atoms with E-state index in [4.69, 9.17) is 0 Å². The molecule has 2 aliphatic heterocycles. The fourth-order valence-electron chi connectivity index (χ4n) is 3.90. The van der Waals surface area contributed by atoms with Gasteiger partial charge in [0.15, 0.2) is 0 Å². The Bertz CT molecular complexity index is 991. The fourth-order valence-corrected chi connectivity index (χ4v) is 6.93. The van der Waals surface area contributed by atoms with Crippen LogP contribution in [-0.2, 0) is 21.2 Å². The van der Waals surface area contributed by atoms with Gasteiger partial charge in [-0.1, -0.05) is 12.1 Å². The van der Waals surface area contributed by atoms with Gasteiger partial charge in [0.25, 0.3) is 10.0 Å². The molecule has 0 bridgehead atoms. The van der Waals surface area contributed by atoms with E-state index in [1.807, 2.05) is 24.3 Å². The Kier molecular flexibility index (Phi) is 6.43. The number of likely N-dealkylation sites (N-methyl/N-ethyl adjacent to an activating group) is 1. The summed E-state index contributed by atoms with van der Waals surface area (Å²) in [6.07, 6.45) is 1.98. The molecule has 1 N–H and O–H groups in total. The summed E-state index contributed by atoms with van der Waals surface area (Å²) in [6.45, 7) is 4.99. The summed E-state index contributed by atoms with van der Waals surface area (Å²) < 4.78 is 27.2. The third kappa shape index (κ3) is 4.69. The highest BCUT2D eigenvalue weighted by atomic mass is 32.2. The number of amides is 1. The molecule has 1 aromatic heterocycles. The highest BCUT2D eigenvalue weighted by Crippen LogP contribution is 2.29. The summed E-state index contributed by atoms with van der Waals surface area (Å²) in [7, 11) is -1.31. The molecule has 0 unspecified atom stereocenters. The third-order valence-corrected chi connectivity index (χ3v) is 9.10. The molecule has 9 heteroatoms. The van der Waals surface area contributed by atoms with Gasteiger partial charge in [0.1, 0.15) is 4.21 Å². The Morgan fingerprint density at radius 1 is 1.00 bits per heavy atom. The Morgan fingerprint density at radius 2 is 1.70 bits per heavy atom. The van der Waals surface area contributed by atoms with Crippen molar-refractivity contribution >= 4 is 38.6 Å². The zero-order valence-electron chi connectivity index (χ0n) is 17.2. The van der Waals surface area contributed by atoms with Crippen LogP contribution in [0.5, 0.6) is 0 Å². The third-order valence-electron chi connectivity index (χ3n) is 5.65. The molecule has 0 atom stereocenters. The van der Waals surface area contributed by atoms with Gasteiger partial charge in [-0.15, -0.1) is 11.3 Å². The number of para-hydroxylation sites is 2. The second-order valence-electron chi connectivity index (χ2n) is 7.86. The van der Waals surface area contributed by atoms with Crippen LogP contribution < -0.4 is 10.2 Å². The largest absolute Gasteiger partial charge is 0.367 e. The summed E-state index contributed by atoms with van der Waals surface area (Å²) >= 11 is 1.19. The predicted octanol–water partition coefficient (Wildman–Crippen LogP) is 2.47. The molecule has 0 radical (unpaired) electrons. The Balaban J connectivity index is 1.42. The van der Waals surface area contributed by atoms with Gasteiger partial charge >= 0.3 is 0 Å². The molecule has 0 aliphatic carbocycles. The molecule has 2 fully saturated rings. The van der Waals surface area contributed by atoms with Gasteiger partial charge in [-0.25, -0.2) is 8.42 Å². The number of hydrogen-bond donors (Lipinski definition) is 1. The number of nitrogens with zero attached hydrogens (tertiary/aromatic N) is 3. The van der Waals surface area contributed by atoms with Crippen molar-refractivity contribution < 1.29 is 13.2 Å². The zero-order chi connectivity index (χ0) is 21.1. The van der Waals surface area contributed by atoms with Crippen molar-refractivity contribution in [3.8, 4) is 0 Å². The number of carbonyl (C=O) groups is 1. The standard InChI is InChI=1S/C21H28N4O3S2/c1-23-12-14-24(15-13-23)19-7-3-2-6-18(19)22-20(26)16-17-8-9-21(29-17)30(27,28)25-10-4-5-11-25/h2-3,6-9H,4-5,10-16H2,1H3,(H,22,26). The first-order valence-corrected chi connectivity index (χ1v) is 12.6. The smallest absolute Gasteiger partial charge is 0.252 e. The summed E-state index contributed by atoms with van der Waals surface area (Å²) in [5, 5.41) is 3.02. The molecular formula is C21H28N4O3S2. The Labute approximate surface area is 182 Å². The van der Waals surface area contributed by atoms with Crippen LogP contribution in [0.25, 0.3) is 0 Å². The average molecular weight is 449 g/mol. The number of piperazine rings is 1. The molecule has 1 amide bonds. The van der Waals surface area contributed by atoms with E-state index < -0.39 is 10.0 Å². The lowest BCUT2D eigenvalue weighted by Gasteiger charge is -2.35. The molecule has 3 heterocycles. The van der Waals surface area contributed by atoms with Crippen LogP contribution in [0.15, 0.2) is 40.6 Å². The molecule has 4 rings (SSSR count). The first-order valence-electron chi connectivity index (χ1n) is 10.3. The zero-order valence-corrected chi connectivity index (χ0v) is 18.8. The lowest BCUT2D eigenvalue weighted by Crippen LogP contribution is -2.44. The minimum absolute atomic E-state index is 0.136. The summed E-state index contributed by atoms with van der Waals surface area (Å²) in [6, 6.07) is 11.2. The van der Waals surface area contributed by atoms with Gasteiger partial charge in [0.05, 0.1) is 17.8 Å². The van der Waals surface area contributed by atoms with Crippen molar-refractivity contribution in [2.75, 3.05) is 56.5 Å². The number of thiophene rings is 1. The van der Waals surface area contributed by atoms with Crippen molar-refractivity contribution in [1.29, 1.82) is 0 Å². The monoisotopic (exact) mass is 448 g/mol. The number of sulfonamides is 1. The lowest BCUT2D eigenvalue weighted by molar-refractivity contribution is -0.115. The van der Waals surface area contributed by atoms with Gasteiger partial charge in [-0.3, -0.25) is 4.79 Å². The van der Waals surface area contributed by atoms with Gasteiger partial charge in [-0.2, -0.15) is 4.31 Å². The molecular weight excluding hydrogens is 420 g/mol. The van der Waals surface area contributed by atoms with Crippen molar-refractivity contribution in [1.82, 2.24) is 9.21 Å². The molecule has 162 valence electrons. The van der Waals surface area contributed by atoms with E-state index in [-0.39, 0.29) is 12.3 Å². The minimum atomic E-state index is -3.43. The topological polar surface area (TPSA) is 73.0 Å². The van der Waals surface area contributed by atoms with Crippen LogP contribution in [0, 0.1) is 0 Å². The number of anilines is 2. The van der Waals surface area contributed by atoms with Crippen LogP contribution in [0.4, 0.5) is 11.4 Å². The molecule has 30 heavy (non-hydrogen) atoms. The van der Waals surface area contributed by atoms with E-state index in [2.05, 4.69) is 22.2 Å². The number of hydrogen-bond acceptors (Lipinski definition) is 6. The van der Waals surface area contributed by atoms with Crippen LogP contribution in [0.2, 0.25) is 0 Å². The highest BCUT2D eigenvalue weighted by molar-refractivity contribution is 7.91. The van der Waals surface area contributed by atoms with E-state index in [0.29, 0.717) is 17.3 Å². The molecule has 2 aliphatic rings. The Morgan fingerprint density at radius 3 is 2.43 bits per heavy atom. The van der Waals surface area contributed by atoms with Gasteiger partial charge < -0.3 is 15.1 Å². The molecule has 2 aromatic rings. The second-order valence-corrected chi connectivity index (χ2v) is 11.2. The average Bonchev–Trinajstić information content (AvgIpc) is 3.42. The quantitative estimate of drug-likeness (QED) is 0.735. The number of carbonyl (C=O) groups excluding carboxylic acids is 1. The lowest BCUT2D eigenvalue weighted by atomic mass is 10.2. The number of nitrogens with one attached hydrogen (secondary N) is 1. The van der Waals surface area contributed by atoms with Crippen LogP contribution in [0.1, 0.15) is 17.7 Å². The summed E-state index contributed by atoms with van der Waals surface area (Å²) in [5.41, 5.74) is 1.83. The SMILES string of the molecule is CN1CCN(c2ccccc2NC(=O)Cc2ccc(S(=O)(=O)N3CCCC3)s2)CC1. The molecule has 0 spiro atoms. The van der Waals surface area contributed by atoms with E-state index in [9.17, 15) is 13.2 Å². The van der Waals surface area contributed by atoms with Crippen molar-refractivity contribution in [2.24, 2.45) is 0 Å². The van der Waals surface area contributed by atoms with E-state index in [0.717, 1.165) is 55.3 Å². The van der Waals surface area contributed by atoms with E-state index in [1.54, 1.807) is 12.1 Å². The maximum atomic E-state index is 12.7. The first kappa shape index (κ1) is 21.3. The molecule has 0 saturated carbocycles. The second kappa shape index (κ2) is 9.05. The van der Waals surface area contributed by atoms with E-state index >= 15 is 0 Å². The first-order chi connectivity index (χ1) is 14.4. The molecule has 7 nitrogen and oxygen atoms in total. The van der Waals surface area contributed by atoms with Gasteiger partial charge in [-0.05, 0) is 44.2 Å². The summed E-state index contributed by atoms with van der Waals surface area (Å²) in [5.74, 6) is -0.136. The van der Waals surface area contributed by atoms with Crippen LogP contribution in [-0.4, -0.2) is 69.8 Å². The number of benzene rings is 1. The molecule has 2 saturated heterocycles. The maximum Gasteiger partial charge on any atom is 0.252 e. The summed E-state index contributed by atoms with van der Waals surface area (Å²) in [4.78, 5) is 18.0.